The van der Waals surface area contributed by atoms with Crippen molar-refractivity contribution >= 4 is 39.0 Å². The molecule has 60 heavy (non-hydrogen) atoms. The molecule has 2 fully saturated rings. The Kier molecular flexibility index (Phi) is 26.7. The van der Waals surface area contributed by atoms with Gasteiger partial charge in [-0.2, -0.15) is 4.89 Å². The molecule has 0 heterocycles. The van der Waals surface area contributed by atoms with Gasteiger partial charge in [0.25, 0.3) is 0 Å². The molecule has 18 heteroatoms. The van der Waals surface area contributed by atoms with E-state index in [1.165, 1.54) is 6.42 Å². The molecule has 2 aliphatic rings. The van der Waals surface area contributed by atoms with Crippen LogP contribution in [-0.4, -0.2) is 111 Å². The highest BCUT2D eigenvalue weighted by molar-refractivity contribution is 7.58. The van der Waals surface area contributed by atoms with Gasteiger partial charge < -0.3 is 47.8 Å². The third-order valence-electron chi connectivity index (χ3n) is 12.0. The van der Waals surface area contributed by atoms with Crippen LogP contribution in [0.3, 0.4) is 0 Å². The van der Waals surface area contributed by atoms with Gasteiger partial charge in [-0.1, -0.05) is 100 Å². The van der Waals surface area contributed by atoms with Crippen molar-refractivity contribution in [3.8, 4) is 0 Å². The summed E-state index contributed by atoms with van der Waals surface area (Å²) in [6, 6.07) is -2.93. The quantitative estimate of drug-likeness (QED) is 0.0619. The van der Waals surface area contributed by atoms with Crippen LogP contribution in [0.1, 0.15) is 139 Å². The van der Waals surface area contributed by atoms with Gasteiger partial charge in [-0.05, 0) is 66.3 Å². The van der Waals surface area contributed by atoms with Crippen molar-refractivity contribution in [1.29, 1.82) is 0 Å². The summed E-state index contributed by atoms with van der Waals surface area (Å²) in [5, 5.41) is 31.4. The van der Waals surface area contributed by atoms with Crippen LogP contribution in [0, 0.1) is 35.5 Å². The molecule has 0 radical (unpaired) electrons. The zero-order valence-corrected chi connectivity index (χ0v) is 39.6. The zero-order valence-electron chi connectivity index (χ0n) is 37.8. The molecule has 0 aromatic carbocycles. The summed E-state index contributed by atoms with van der Waals surface area (Å²) in [5.74, 6) is -1.24. The maximum absolute atomic E-state index is 12.7. The number of nitrogens with one attached hydrogen (secondary N) is 4. The van der Waals surface area contributed by atoms with Crippen molar-refractivity contribution in [1.82, 2.24) is 21.3 Å². The summed E-state index contributed by atoms with van der Waals surface area (Å²) in [5.41, 5.74) is 11.3. The Morgan fingerprint density at radius 1 is 0.717 bits per heavy atom. The first-order chi connectivity index (χ1) is 28.0. The fourth-order valence-corrected chi connectivity index (χ4v) is 11.0. The first kappa shape index (κ1) is 56.0. The van der Waals surface area contributed by atoms with Gasteiger partial charge in [-0.25, -0.2) is 0 Å². The third kappa shape index (κ3) is 21.9. The SMILES string of the molecule is CC(C)C[C@@H](NC(=O)[C@@H](N)C(C)C)C(=O)NC[C@@H](O)CP(=O)(O)CC1CCCCC1.CCC(C)C(NC(=O)[C@@H](N)C(C)C)C(=O)NC[C@H](O)CC(C1CCCCC1)[P+](=O)O. The molecule has 0 aromatic heterocycles. The van der Waals surface area contributed by atoms with Crippen LogP contribution in [0.4, 0.5) is 0 Å². The lowest BCUT2D eigenvalue weighted by atomic mass is 9.85. The van der Waals surface area contributed by atoms with E-state index in [-0.39, 0.29) is 79.2 Å². The lowest BCUT2D eigenvalue weighted by molar-refractivity contribution is -0.131. The number of carbonyl (C=O) groups excluding carboxylic acids is 4. The second-order valence-electron chi connectivity index (χ2n) is 18.6. The predicted molar refractivity (Wildman–Crippen MR) is 237 cm³/mol. The number of aliphatic hydroxyl groups excluding tert-OH is 2. The van der Waals surface area contributed by atoms with Crippen LogP contribution in [0.25, 0.3) is 0 Å². The summed E-state index contributed by atoms with van der Waals surface area (Å²) in [4.78, 5) is 69.9. The number of hydrogen-bond acceptors (Lipinski definition) is 10. The fourth-order valence-electron chi connectivity index (χ4n) is 7.78. The lowest BCUT2D eigenvalue weighted by Crippen LogP contribution is -2.55. The molecule has 0 aromatic rings. The van der Waals surface area contributed by atoms with Gasteiger partial charge in [-0.3, -0.25) is 23.7 Å². The van der Waals surface area contributed by atoms with E-state index in [1.807, 2.05) is 55.4 Å². The molecule has 0 spiro atoms. The molecule has 10 atom stereocenters. The van der Waals surface area contributed by atoms with Crippen LogP contribution in [0.5, 0.6) is 0 Å². The zero-order chi connectivity index (χ0) is 45.7. The predicted octanol–water partition coefficient (Wildman–Crippen LogP) is 3.88. The van der Waals surface area contributed by atoms with Gasteiger partial charge in [0.1, 0.15) is 12.1 Å². The molecule has 0 bridgehead atoms. The van der Waals surface area contributed by atoms with Crippen LogP contribution in [-0.2, 0) is 28.3 Å². The Labute approximate surface area is 361 Å². The number of aliphatic hydroxyl groups is 2. The molecular weight excluding hydrogens is 810 g/mol. The Morgan fingerprint density at radius 3 is 1.68 bits per heavy atom. The summed E-state index contributed by atoms with van der Waals surface area (Å²) in [7, 11) is -5.85. The van der Waals surface area contributed by atoms with E-state index >= 15 is 0 Å². The minimum absolute atomic E-state index is 0.0235. The second kappa shape index (κ2) is 28.6. The molecular formula is C42H83N6O10P2+. The van der Waals surface area contributed by atoms with E-state index in [1.54, 1.807) is 0 Å². The summed E-state index contributed by atoms with van der Waals surface area (Å²) < 4.78 is 24.4. The number of amides is 4. The number of rotatable bonds is 24. The van der Waals surface area contributed by atoms with Gasteiger partial charge >= 0.3 is 8.03 Å². The smallest absolute Gasteiger partial charge is 0.391 e. The van der Waals surface area contributed by atoms with Crippen LogP contribution in [0.2, 0.25) is 0 Å². The van der Waals surface area contributed by atoms with Crippen molar-refractivity contribution in [3.63, 3.8) is 0 Å². The van der Waals surface area contributed by atoms with E-state index in [2.05, 4.69) is 21.3 Å². The maximum atomic E-state index is 12.7. The second-order valence-corrected chi connectivity index (χ2v) is 22.3. The van der Waals surface area contributed by atoms with Gasteiger partial charge in [0.05, 0.1) is 30.5 Å². The standard InChI is InChI=1S/C21H42N3O5P.C21H40N3O5P/c1-14(2)10-18(24-21(27)19(22)15(3)4)20(26)23-11-17(25)13-30(28,29)12-16-8-6-5-7-9-16;1-5-14(4)19(24-20(26)18(22)13(2)3)21(27)23-12-16(25)11-17(30(28)29)15-9-7-6-8-10-15/h14-19,25H,5-13,22H2,1-4H3,(H,23,26)(H,24,27)(H,28,29);13-19,25H,5-12,22H2,1-4H3,(H2-,23,24,26,27,28,29)/p+1/t17-,18-,19+;14?,16-,17?,18+,19?/m11/s1. The molecule has 0 saturated heterocycles. The number of hydrogen-bond donors (Lipinski definition) is 10. The largest absolute Gasteiger partial charge is 0.509 e. The van der Waals surface area contributed by atoms with E-state index in [0.717, 1.165) is 57.8 Å². The van der Waals surface area contributed by atoms with Crippen molar-refractivity contribution in [2.75, 3.05) is 25.4 Å². The molecule has 5 unspecified atom stereocenters. The minimum atomic E-state index is -3.46. The Bertz CT molecular complexity index is 1360. The Morgan fingerprint density at radius 2 is 1.20 bits per heavy atom. The van der Waals surface area contributed by atoms with Gasteiger partial charge in [0.15, 0.2) is 5.66 Å². The Hall–Kier alpha value is -2.03. The van der Waals surface area contributed by atoms with Crippen LogP contribution in [0.15, 0.2) is 0 Å². The van der Waals surface area contributed by atoms with Crippen LogP contribution < -0.4 is 32.7 Å². The molecule has 12 N–H and O–H groups in total. The number of nitrogens with two attached hydrogens (primary N) is 2. The molecule has 4 amide bonds. The lowest BCUT2D eigenvalue weighted by Gasteiger charge is -2.27. The highest BCUT2D eigenvalue weighted by atomic mass is 31.2. The average molecular weight is 894 g/mol. The summed E-state index contributed by atoms with van der Waals surface area (Å²) >= 11 is 0. The molecule has 16 nitrogen and oxygen atoms in total. The van der Waals surface area contributed by atoms with Gasteiger partial charge in [0, 0.05) is 31.6 Å². The van der Waals surface area contributed by atoms with Crippen LogP contribution >= 0.6 is 15.4 Å². The normalized spacial score (nSPS) is 20.6. The molecule has 2 saturated carbocycles. The van der Waals surface area contributed by atoms with Crippen molar-refractivity contribution in [3.05, 3.63) is 0 Å². The highest BCUT2D eigenvalue weighted by Gasteiger charge is 2.40. The van der Waals surface area contributed by atoms with E-state index < -0.39 is 69.2 Å². The van der Waals surface area contributed by atoms with Gasteiger partial charge in [0.2, 0.25) is 31.0 Å². The molecule has 0 aliphatic heterocycles. The summed E-state index contributed by atoms with van der Waals surface area (Å²) in [6.45, 7) is 14.9. The van der Waals surface area contributed by atoms with Gasteiger partial charge in [-0.15, -0.1) is 0 Å². The molecule has 2 rings (SSSR count). The minimum Gasteiger partial charge on any atom is -0.391 e. The fraction of sp³-hybridized carbons (Fsp3) is 0.905. The Balaban J connectivity index is 0.000000600. The third-order valence-corrected chi connectivity index (χ3v) is 15.2. The molecule has 2 aliphatic carbocycles. The van der Waals surface area contributed by atoms with Crippen molar-refractivity contribution in [2.45, 2.75) is 181 Å². The first-order valence-corrected chi connectivity index (χ1v) is 25.8. The maximum Gasteiger partial charge on any atom is 0.509 e. The van der Waals surface area contributed by atoms with Crippen molar-refractivity contribution in [2.24, 2.45) is 47.0 Å². The molecule has 350 valence electrons. The highest BCUT2D eigenvalue weighted by Crippen LogP contribution is 2.46. The van der Waals surface area contributed by atoms with E-state index in [9.17, 15) is 48.3 Å². The summed E-state index contributed by atoms with van der Waals surface area (Å²) in [6.07, 6.45) is 9.61. The van der Waals surface area contributed by atoms with E-state index in [4.69, 9.17) is 11.5 Å². The topological polar surface area (TPSA) is 284 Å². The number of carbonyl (C=O) groups is 4. The average Bonchev–Trinajstić information content (AvgIpc) is 3.18. The first-order valence-electron chi connectivity index (χ1n) is 22.5. The monoisotopic (exact) mass is 894 g/mol. The van der Waals surface area contributed by atoms with Crippen molar-refractivity contribution < 1.29 is 48.3 Å². The van der Waals surface area contributed by atoms with E-state index in [0.29, 0.717) is 12.8 Å².